The van der Waals surface area contributed by atoms with Crippen LogP contribution in [0.25, 0.3) is 0 Å². The lowest BCUT2D eigenvalue weighted by molar-refractivity contribution is 0.415. The first kappa shape index (κ1) is 10.4. The molecule has 2 atom stereocenters. The van der Waals surface area contributed by atoms with Gasteiger partial charge in [0.15, 0.2) is 18.1 Å². The molecule has 0 aromatic heterocycles. The van der Waals surface area contributed by atoms with Crippen LogP contribution in [0.15, 0.2) is 0 Å². The van der Waals surface area contributed by atoms with Crippen LogP contribution in [0.3, 0.4) is 0 Å². The van der Waals surface area contributed by atoms with E-state index in [0.29, 0.717) is 0 Å². The van der Waals surface area contributed by atoms with Gasteiger partial charge in [-0.1, -0.05) is 0 Å². The van der Waals surface area contributed by atoms with Crippen LogP contribution in [-0.2, 0) is 8.85 Å². The number of hydrogen-bond acceptors (Lipinski definition) is 2. The van der Waals surface area contributed by atoms with E-state index in [0.717, 1.165) is 0 Å². The van der Waals surface area contributed by atoms with Crippen molar-refractivity contribution in [2.24, 2.45) is 0 Å². The Morgan fingerprint density at radius 2 is 1.20 bits per heavy atom. The van der Waals surface area contributed by atoms with Crippen LogP contribution in [-0.4, -0.2) is 32.3 Å². The summed E-state index contributed by atoms with van der Waals surface area (Å²) >= 11 is 0. The van der Waals surface area contributed by atoms with E-state index in [9.17, 15) is 0 Å². The lowest BCUT2D eigenvalue weighted by Crippen LogP contribution is -2.16. The Kier molecular flexibility index (Phi) is 6.30. The molecule has 0 aromatic carbocycles. The van der Waals surface area contributed by atoms with Gasteiger partial charge in [-0.25, -0.2) is 0 Å². The Balaban J connectivity index is 3.17. The summed E-state index contributed by atoms with van der Waals surface area (Å²) in [5.41, 5.74) is 0. The van der Waals surface area contributed by atoms with Gasteiger partial charge in [0.05, 0.1) is 0 Å². The molecule has 0 heterocycles. The summed E-state index contributed by atoms with van der Waals surface area (Å²) in [5.74, 6) is 0. The Labute approximate surface area is 67.0 Å². The fraction of sp³-hybridized carbons (Fsp3) is 1.00. The summed E-state index contributed by atoms with van der Waals surface area (Å²) < 4.78 is 10.5. The first-order chi connectivity index (χ1) is 4.70. The topological polar surface area (TPSA) is 18.5 Å². The molecule has 0 N–H and O–H groups in total. The molecule has 0 fully saturated rings. The van der Waals surface area contributed by atoms with Crippen LogP contribution in [0.1, 0.15) is 0 Å². The predicted molar refractivity (Wildman–Crippen MR) is 49.7 cm³/mol. The Hall–Kier alpha value is 0.354. The lowest BCUT2D eigenvalue weighted by Gasteiger charge is -2.09. The predicted octanol–water partition coefficient (Wildman–Crippen LogP) is 0.986. The highest BCUT2D eigenvalue weighted by molar-refractivity contribution is 6.56. The van der Waals surface area contributed by atoms with Gasteiger partial charge in [0.1, 0.15) is 0 Å². The molecule has 0 bridgehead atoms. The fourth-order valence-electron chi connectivity index (χ4n) is 0.705. The van der Waals surface area contributed by atoms with Crippen LogP contribution < -0.4 is 0 Å². The molecule has 0 aliphatic rings. The smallest absolute Gasteiger partial charge is 0.173 e. The minimum Gasteiger partial charge on any atom is -0.423 e. The van der Waals surface area contributed by atoms with Gasteiger partial charge in [0, 0.05) is 14.2 Å². The molecule has 0 aliphatic heterocycles. The van der Waals surface area contributed by atoms with E-state index in [1.807, 2.05) is 14.2 Å². The summed E-state index contributed by atoms with van der Waals surface area (Å²) in [7, 11) is 2.04. The minimum absolute atomic E-state index is 0.797. The molecular formula is C6H18O2Si2. The molecule has 0 spiro atoms. The van der Waals surface area contributed by atoms with E-state index < -0.39 is 18.1 Å². The zero-order chi connectivity index (χ0) is 7.98. The van der Waals surface area contributed by atoms with Crippen molar-refractivity contribution in [3.63, 3.8) is 0 Å². The van der Waals surface area contributed by atoms with Crippen LogP contribution in [0.4, 0.5) is 0 Å². The van der Waals surface area contributed by atoms with Crippen molar-refractivity contribution in [2.45, 2.75) is 25.2 Å². The molecular weight excluding hydrogens is 160 g/mol. The zero-order valence-electron chi connectivity index (χ0n) is 7.39. The van der Waals surface area contributed by atoms with Crippen LogP contribution >= 0.6 is 0 Å². The molecule has 4 heteroatoms. The van der Waals surface area contributed by atoms with E-state index in [2.05, 4.69) is 13.1 Å². The third kappa shape index (κ3) is 5.16. The van der Waals surface area contributed by atoms with Gasteiger partial charge in [-0.15, -0.1) is 0 Å². The second kappa shape index (κ2) is 6.09. The molecule has 10 heavy (non-hydrogen) atoms. The summed E-state index contributed by atoms with van der Waals surface area (Å²) in [5, 5.41) is 0. The summed E-state index contributed by atoms with van der Waals surface area (Å²) in [6, 6.07) is 2.55. The molecule has 0 aliphatic carbocycles. The summed E-state index contributed by atoms with van der Waals surface area (Å²) in [6.07, 6.45) is 0. The Morgan fingerprint density at radius 3 is 1.40 bits per heavy atom. The van der Waals surface area contributed by atoms with Crippen molar-refractivity contribution in [1.29, 1.82) is 0 Å². The Bertz CT molecular complexity index is 70.1. The number of rotatable bonds is 5. The molecule has 0 radical (unpaired) electrons. The molecule has 0 rings (SSSR count). The normalized spacial score (nSPS) is 16.8. The van der Waals surface area contributed by atoms with E-state index in [4.69, 9.17) is 8.85 Å². The highest BCUT2D eigenvalue weighted by Gasteiger charge is 2.07. The maximum Gasteiger partial charge on any atom is 0.173 e. The first-order valence-corrected chi connectivity index (χ1v) is 8.64. The van der Waals surface area contributed by atoms with Crippen molar-refractivity contribution in [3.05, 3.63) is 0 Å². The second-order valence-electron chi connectivity index (χ2n) is 2.67. The van der Waals surface area contributed by atoms with E-state index in [1.54, 1.807) is 0 Å². The quantitative estimate of drug-likeness (QED) is 0.585. The third-order valence-electron chi connectivity index (χ3n) is 1.78. The van der Waals surface area contributed by atoms with E-state index in [1.165, 1.54) is 12.1 Å². The van der Waals surface area contributed by atoms with E-state index in [-0.39, 0.29) is 0 Å². The van der Waals surface area contributed by atoms with Crippen molar-refractivity contribution in [3.8, 4) is 0 Å². The van der Waals surface area contributed by atoms with Crippen molar-refractivity contribution in [2.75, 3.05) is 14.2 Å². The van der Waals surface area contributed by atoms with Crippen molar-refractivity contribution in [1.82, 2.24) is 0 Å². The monoisotopic (exact) mass is 178 g/mol. The maximum atomic E-state index is 5.25. The highest BCUT2D eigenvalue weighted by Crippen LogP contribution is 2.03. The minimum atomic E-state index is -0.797. The van der Waals surface area contributed by atoms with Crippen molar-refractivity contribution < 1.29 is 8.85 Å². The zero-order valence-corrected chi connectivity index (χ0v) is 9.69. The van der Waals surface area contributed by atoms with Gasteiger partial charge >= 0.3 is 0 Å². The van der Waals surface area contributed by atoms with Gasteiger partial charge in [-0.3, -0.25) is 0 Å². The van der Waals surface area contributed by atoms with Gasteiger partial charge in [-0.05, 0) is 25.2 Å². The van der Waals surface area contributed by atoms with Gasteiger partial charge < -0.3 is 8.85 Å². The Morgan fingerprint density at radius 1 is 0.900 bits per heavy atom. The third-order valence-corrected chi connectivity index (χ3v) is 6.35. The summed E-state index contributed by atoms with van der Waals surface area (Å²) in [6.45, 7) is 4.47. The van der Waals surface area contributed by atoms with Gasteiger partial charge in [-0.2, -0.15) is 0 Å². The molecule has 0 saturated carbocycles. The SMILES string of the molecule is CO[SiH](C)CC[SiH](C)OC. The first-order valence-electron chi connectivity index (χ1n) is 3.76. The molecule has 0 saturated heterocycles. The summed E-state index contributed by atoms with van der Waals surface area (Å²) in [4.78, 5) is 0. The molecule has 0 amide bonds. The fourth-order valence-corrected chi connectivity index (χ4v) is 4.93. The standard InChI is InChI=1S/C6H18O2Si2/c1-7-9(3)5-6-10(4)8-2/h9-10H,5-6H2,1-4H3. The van der Waals surface area contributed by atoms with Crippen LogP contribution in [0, 0.1) is 0 Å². The van der Waals surface area contributed by atoms with Crippen LogP contribution in [0.2, 0.25) is 25.2 Å². The largest absolute Gasteiger partial charge is 0.423 e. The van der Waals surface area contributed by atoms with Gasteiger partial charge in [0.25, 0.3) is 0 Å². The average molecular weight is 178 g/mol. The highest BCUT2D eigenvalue weighted by atomic mass is 28.3. The maximum absolute atomic E-state index is 5.25. The van der Waals surface area contributed by atoms with E-state index >= 15 is 0 Å². The second-order valence-corrected chi connectivity index (χ2v) is 8.01. The van der Waals surface area contributed by atoms with Crippen molar-refractivity contribution >= 4 is 18.1 Å². The molecule has 2 unspecified atom stereocenters. The van der Waals surface area contributed by atoms with Gasteiger partial charge in [0.2, 0.25) is 0 Å². The lowest BCUT2D eigenvalue weighted by atomic mass is 10.9. The van der Waals surface area contributed by atoms with Crippen LogP contribution in [0.5, 0.6) is 0 Å². The average Bonchev–Trinajstić information content (AvgIpc) is 1.99. The molecule has 2 nitrogen and oxygen atoms in total. The number of hydrogen-bond donors (Lipinski definition) is 0. The molecule has 0 aromatic rings. The molecule has 62 valence electrons.